The van der Waals surface area contributed by atoms with Gasteiger partial charge in [0.25, 0.3) is 0 Å². The molecule has 0 aliphatic rings. The van der Waals surface area contributed by atoms with E-state index in [4.69, 9.17) is 9.60 Å². The maximum atomic E-state index is 12.1. The van der Waals surface area contributed by atoms with Crippen molar-refractivity contribution in [3.63, 3.8) is 0 Å². The smallest absolute Gasteiger partial charge is 0.211 e. The van der Waals surface area contributed by atoms with Crippen molar-refractivity contribution in [3.8, 4) is 0 Å². The molecule has 1 atom stereocenters. The van der Waals surface area contributed by atoms with Gasteiger partial charge >= 0.3 is 0 Å². The van der Waals surface area contributed by atoms with Gasteiger partial charge in [0.15, 0.2) is 0 Å². The van der Waals surface area contributed by atoms with Crippen LogP contribution in [-0.4, -0.2) is 30.5 Å². The SMILES string of the molecule is [2H]C(O)(c1ccccc1)c1ccnn1C([2H])([2H])[2H].[2H]C([2H])([2H])n1nccc1C(=O)c1ccccc1. The minimum absolute atomic E-state index is 0.0659. The lowest BCUT2D eigenvalue weighted by Gasteiger charge is -2.10. The van der Waals surface area contributed by atoms with Crippen molar-refractivity contribution in [2.75, 3.05) is 0 Å². The molecule has 0 aliphatic carbocycles. The molecule has 0 saturated heterocycles. The molecule has 6 nitrogen and oxygen atoms in total. The molecule has 1 unspecified atom stereocenters. The van der Waals surface area contributed by atoms with E-state index in [2.05, 4.69) is 10.2 Å². The minimum atomic E-state index is -2.53. The van der Waals surface area contributed by atoms with Crippen LogP contribution in [-0.2, 0) is 14.0 Å². The first kappa shape index (κ1) is 12.0. The second-order valence-electron chi connectivity index (χ2n) is 5.67. The average molecular weight is 381 g/mol. The maximum absolute atomic E-state index is 12.1. The summed E-state index contributed by atoms with van der Waals surface area (Å²) in [5.74, 6) is -0.348. The fourth-order valence-corrected chi connectivity index (χ4v) is 2.44. The molecule has 28 heavy (non-hydrogen) atoms. The molecule has 0 bridgehead atoms. The van der Waals surface area contributed by atoms with E-state index in [9.17, 15) is 9.90 Å². The van der Waals surface area contributed by atoms with Crippen LogP contribution in [0, 0.1) is 0 Å². The van der Waals surface area contributed by atoms with Crippen molar-refractivity contribution in [2.45, 2.75) is 6.08 Å². The largest absolute Gasteiger partial charge is 0.382 e. The molecule has 6 heteroatoms. The number of ketones is 1. The number of aryl methyl sites for hydroxylation is 2. The fraction of sp³-hybridized carbons (Fsp3) is 0.136. The van der Waals surface area contributed by atoms with Crippen molar-refractivity contribution in [1.82, 2.24) is 19.6 Å². The van der Waals surface area contributed by atoms with Crippen LogP contribution in [0.25, 0.3) is 0 Å². The molecular weight excluding hydrogens is 352 g/mol. The summed E-state index contributed by atoms with van der Waals surface area (Å²) in [5.41, 5.74) is 0.708. The van der Waals surface area contributed by atoms with Gasteiger partial charge < -0.3 is 5.11 Å². The van der Waals surface area contributed by atoms with E-state index in [0.29, 0.717) is 10.2 Å². The highest BCUT2D eigenvalue weighted by molar-refractivity contribution is 6.07. The summed E-state index contributed by atoms with van der Waals surface area (Å²) < 4.78 is 53.2. The predicted octanol–water partition coefficient (Wildman–Crippen LogP) is 3.15. The Morgan fingerprint density at radius 1 is 0.929 bits per heavy atom. The molecule has 0 aliphatic heterocycles. The Morgan fingerprint density at radius 3 is 2.21 bits per heavy atom. The van der Waals surface area contributed by atoms with Gasteiger partial charge in [0.2, 0.25) is 5.78 Å². The molecule has 2 heterocycles. The molecular formula is C22H22N4O2. The third-order valence-electron chi connectivity index (χ3n) is 3.84. The average Bonchev–Trinajstić information content (AvgIpc) is 3.50. The maximum Gasteiger partial charge on any atom is 0.211 e. The van der Waals surface area contributed by atoms with Crippen LogP contribution in [0.2, 0.25) is 0 Å². The van der Waals surface area contributed by atoms with Crippen molar-refractivity contribution in [3.05, 3.63) is 108 Å². The predicted molar refractivity (Wildman–Crippen MR) is 107 cm³/mol. The van der Waals surface area contributed by atoms with Gasteiger partial charge in [-0.25, -0.2) is 0 Å². The number of hydrogen-bond donors (Lipinski definition) is 1. The molecule has 0 radical (unpaired) electrons. The first-order valence-electron chi connectivity index (χ1n) is 11.8. The molecule has 2 aromatic carbocycles. The molecule has 142 valence electrons. The normalized spacial score (nSPS) is 17.1. The second-order valence-corrected chi connectivity index (χ2v) is 5.67. The van der Waals surface area contributed by atoms with Gasteiger partial charge in [0, 0.05) is 40.1 Å². The van der Waals surface area contributed by atoms with Gasteiger partial charge in [0.05, 0.1) is 7.06 Å². The van der Waals surface area contributed by atoms with Crippen molar-refractivity contribution in [2.24, 2.45) is 14.0 Å². The van der Waals surface area contributed by atoms with E-state index < -0.39 is 20.0 Å². The summed E-state index contributed by atoms with van der Waals surface area (Å²) in [5, 5.41) is 17.6. The Morgan fingerprint density at radius 2 is 1.54 bits per heavy atom. The number of aliphatic hydroxyl groups is 1. The van der Waals surface area contributed by atoms with Crippen molar-refractivity contribution < 1.29 is 19.5 Å². The summed E-state index contributed by atoms with van der Waals surface area (Å²) in [7, 11) is 0. The summed E-state index contributed by atoms with van der Waals surface area (Å²) in [6.07, 6.45) is 0.416. The monoisotopic (exact) mass is 381 g/mol. The zero-order chi connectivity index (χ0) is 25.9. The lowest BCUT2D eigenvalue weighted by atomic mass is 10.1. The molecule has 4 rings (SSSR count). The number of rotatable bonds is 4. The van der Waals surface area contributed by atoms with Crippen LogP contribution in [0.3, 0.4) is 0 Å². The van der Waals surface area contributed by atoms with E-state index in [1.165, 1.54) is 24.5 Å². The fourth-order valence-electron chi connectivity index (χ4n) is 2.44. The molecule has 0 spiro atoms. The van der Waals surface area contributed by atoms with Gasteiger partial charge in [-0.05, 0) is 17.7 Å². The first-order chi connectivity index (χ1) is 16.3. The van der Waals surface area contributed by atoms with E-state index >= 15 is 0 Å². The number of nitrogens with zero attached hydrogens (tertiary/aromatic N) is 4. The highest BCUT2D eigenvalue weighted by Crippen LogP contribution is 2.20. The summed E-state index contributed by atoms with van der Waals surface area (Å²) in [6.45, 7) is -4.97. The van der Waals surface area contributed by atoms with Crippen LogP contribution in [0.4, 0.5) is 0 Å². The standard InChI is InChI=1S/C11H12N2O.C11H10N2O/c2*1-13-10(7-8-12-13)11(14)9-5-3-2-4-6-9/h2-8,11,14H,1H3;2-8H,1H3/i1D3,11D;1D3. The number of hydrogen-bond acceptors (Lipinski definition) is 4. The van der Waals surface area contributed by atoms with Crippen LogP contribution >= 0.6 is 0 Å². The zero-order valence-corrected chi connectivity index (χ0v) is 14.7. The van der Waals surface area contributed by atoms with E-state index in [1.807, 2.05) is 0 Å². The summed E-state index contributed by atoms with van der Waals surface area (Å²) in [6, 6.07) is 19.5. The number of carbonyl (C=O) groups excluding carboxylic acids is 1. The summed E-state index contributed by atoms with van der Waals surface area (Å²) in [4.78, 5) is 12.1. The van der Waals surface area contributed by atoms with Gasteiger partial charge in [-0.1, -0.05) is 60.7 Å². The zero-order valence-electron chi connectivity index (χ0n) is 21.7. The van der Waals surface area contributed by atoms with E-state index in [1.54, 1.807) is 60.7 Å². The molecule has 0 saturated carbocycles. The quantitative estimate of drug-likeness (QED) is 0.551. The van der Waals surface area contributed by atoms with E-state index in [-0.39, 0.29) is 22.7 Å². The van der Waals surface area contributed by atoms with Crippen LogP contribution in [0.1, 0.15) is 43.0 Å². The van der Waals surface area contributed by atoms with Gasteiger partial charge in [0.1, 0.15) is 11.8 Å². The highest BCUT2D eigenvalue weighted by Gasteiger charge is 2.13. The third-order valence-corrected chi connectivity index (χ3v) is 3.84. The number of benzene rings is 2. The highest BCUT2D eigenvalue weighted by atomic mass is 16.3. The number of aromatic nitrogens is 4. The van der Waals surface area contributed by atoms with Crippen LogP contribution in [0.15, 0.2) is 85.2 Å². The first-order valence-corrected chi connectivity index (χ1v) is 8.30. The minimum Gasteiger partial charge on any atom is -0.382 e. The van der Waals surface area contributed by atoms with Gasteiger partial charge in [-0.2, -0.15) is 10.2 Å². The molecule has 4 aromatic rings. The van der Waals surface area contributed by atoms with Gasteiger partial charge in [-0.15, -0.1) is 0 Å². The Kier molecular flexibility index (Phi) is 3.84. The Balaban J connectivity index is 0.000000196. The van der Waals surface area contributed by atoms with Crippen molar-refractivity contribution >= 4 is 5.78 Å². The topological polar surface area (TPSA) is 72.9 Å². The van der Waals surface area contributed by atoms with E-state index in [0.717, 1.165) is 4.68 Å². The van der Waals surface area contributed by atoms with Crippen LogP contribution < -0.4 is 0 Å². The lowest BCUT2D eigenvalue weighted by molar-refractivity contribution is 0.103. The van der Waals surface area contributed by atoms with Crippen LogP contribution in [0.5, 0.6) is 0 Å². The van der Waals surface area contributed by atoms with Crippen molar-refractivity contribution in [1.29, 1.82) is 0 Å². The Labute approximate surface area is 173 Å². The lowest BCUT2D eigenvalue weighted by Crippen LogP contribution is -2.07. The molecule has 0 fully saturated rings. The van der Waals surface area contributed by atoms with Gasteiger partial charge in [-0.3, -0.25) is 14.2 Å². The Bertz CT molecular complexity index is 1260. The molecule has 2 aromatic heterocycles. The Hall–Kier alpha value is -3.51. The third kappa shape index (κ3) is 4.42. The summed E-state index contributed by atoms with van der Waals surface area (Å²) >= 11 is 0. The molecule has 0 amide bonds. The number of carbonyl (C=O) groups is 1. The molecule has 1 N–H and O–H groups in total. The second kappa shape index (κ2) is 8.92.